The van der Waals surface area contributed by atoms with Crippen LogP contribution in [0.5, 0.6) is 0 Å². The minimum absolute atomic E-state index is 0.120. The molecule has 0 atom stereocenters. The Hall–Kier alpha value is -0.910. The van der Waals surface area contributed by atoms with Crippen molar-refractivity contribution in [1.29, 1.82) is 0 Å². The van der Waals surface area contributed by atoms with Crippen LogP contribution in [-0.2, 0) is 0 Å². The second-order valence-electron chi connectivity index (χ2n) is 4.35. The number of nitrogens with zero attached hydrogens (tertiary/aromatic N) is 1. The van der Waals surface area contributed by atoms with E-state index in [1.165, 1.54) is 4.90 Å². The van der Waals surface area contributed by atoms with Gasteiger partial charge in [-0.2, -0.15) is 0 Å². The third-order valence-electron chi connectivity index (χ3n) is 3.07. The molecule has 0 saturated heterocycles. The van der Waals surface area contributed by atoms with E-state index < -0.39 is 0 Å². The van der Waals surface area contributed by atoms with Gasteiger partial charge in [0, 0.05) is 10.1 Å². The summed E-state index contributed by atoms with van der Waals surface area (Å²) < 4.78 is 0.991. The molecule has 3 rings (SSSR count). The molecule has 0 N–H and O–H groups in total. The average molecular weight is 327 g/mol. The molecule has 0 spiro atoms. The number of carbonyl (C=O) groups excluding carboxylic acids is 2. The normalized spacial score (nSPS) is 19.2. The molecule has 16 heavy (non-hydrogen) atoms. The lowest BCUT2D eigenvalue weighted by atomic mass is 10.1. The van der Waals surface area contributed by atoms with Crippen LogP contribution in [0.2, 0.25) is 0 Å². The predicted octanol–water partition coefficient (Wildman–Crippen LogP) is 2.30. The van der Waals surface area contributed by atoms with Crippen molar-refractivity contribution in [3.05, 3.63) is 32.9 Å². The van der Waals surface area contributed by atoms with Gasteiger partial charge in [0.05, 0.1) is 11.1 Å². The number of carbonyl (C=O) groups is 2. The number of benzene rings is 1. The van der Waals surface area contributed by atoms with Crippen molar-refractivity contribution >= 4 is 34.4 Å². The molecule has 2 aliphatic rings. The number of imide groups is 1. The predicted molar refractivity (Wildman–Crippen MR) is 67.3 cm³/mol. The van der Waals surface area contributed by atoms with Crippen LogP contribution in [0.1, 0.15) is 33.6 Å². The summed E-state index contributed by atoms with van der Waals surface area (Å²) in [7, 11) is 0. The van der Waals surface area contributed by atoms with E-state index in [0.29, 0.717) is 23.6 Å². The van der Waals surface area contributed by atoms with E-state index in [-0.39, 0.29) is 11.8 Å². The minimum Gasteiger partial charge on any atom is -0.274 e. The number of hydrogen-bond acceptors (Lipinski definition) is 2. The maximum absolute atomic E-state index is 12.0. The Morgan fingerprint density at radius 3 is 2.56 bits per heavy atom. The first-order valence-corrected chi connectivity index (χ1v) is 6.40. The van der Waals surface area contributed by atoms with Crippen molar-refractivity contribution in [2.24, 2.45) is 5.92 Å². The molecule has 1 aromatic carbocycles. The SMILES string of the molecule is O=C1c2ccc(I)cc2C(=O)N1CC1CC1. The molecule has 1 aliphatic carbocycles. The van der Waals surface area contributed by atoms with Crippen molar-refractivity contribution in [3.8, 4) is 0 Å². The van der Waals surface area contributed by atoms with Crippen LogP contribution >= 0.6 is 22.6 Å². The first-order valence-electron chi connectivity index (χ1n) is 5.32. The molecule has 0 bridgehead atoms. The molecule has 0 unspecified atom stereocenters. The first kappa shape index (κ1) is 10.3. The van der Waals surface area contributed by atoms with Gasteiger partial charge in [-0.1, -0.05) is 0 Å². The standard InChI is InChI=1S/C12H10INO2/c13-8-3-4-9-10(5-8)12(16)14(11(9)15)6-7-1-2-7/h3-5,7H,1-2,6H2. The molecular weight excluding hydrogens is 317 g/mol. The zero-order valence-corrected chi connectivity index (χ0v) is 10.7. The first-order chi connectivity index (χ1) is 7.66. The molecule has 4 heteroatoms. The van der Waals surface area contributed by atoms with Crippen molar-refractivity contribution in [3.63, 3.8) is 0 Å². The molecule has 82 valence electrons. The Morgan fingerprint density at radius 2 is 1.88 bits per heavy atom. The molecule has 3 nitrogen and oxygen atoms in total. The largest absolute Gasteiger partial charge is 0.274 e. The third-order valence-corrected chi connectivity index (χ3v) is 3.74. The zero-order valence-electron chi connectivity index (χ0n) is 8.57. The Labute approximate surface area is 107 Å². The van der Waals surface area contributed by atoms with Crippen LogP contribution in [-0.4, -0.2) is 23.3 Å². The van der Waals surface area contributed by atoms with E-state index in [1.807, 2.05) is 6.07 Å². The summed E-state index contributed by atoms with van der Waals surface area (Å²) in [6, 6.07) is 5.42. The fourth-order valence-electron chi connectivity index (χ4n) is 1.99. The van der Waals surface area contributed by atoms with Crippen molar-refractivity contribution in [2.45, 2.75) is 12.8 Å². The highest BCUT2D eigenvalue weighted by atomic mass is 127. The van der Waals surface area contributed by atoms with Crippen LogP contribution in [0.3, 0.4) is 0 Å². The minimum atomic E-state index is -0.122. The van der Waals surface area contributed by atoms with Gasteiger partial charge in [0.25, 0.3) is 11.8 Å². The highest BCUT2D eigenvalue weighted by Crippen LogP contribution is 2.33. The zero-order chi connectivity index (χ0) is 11.3. The summed E-state index contributed by atoms with van der Waals surface area (Å²) in [6.45, 7) is 0.600. The van der Waals surface area contributed by atoms with Gasteiger partial charge in [0.2, 0.25) is 0 Å². The average Bonchev–Trinajstić information content (AvgIpc) is 3.04. The summed E-state index contributed by atoms with van der Waals surface area (Å²) in [6.07, 6.45) is 2.29. The molecule has 1 fully saturated rings. The lowest BCUT2D eigenvalue weighted by Crippen LogP contribution is -2.31. The number of halogens is 1. The highest BCUT2D eigenvalue weighted by Gasteiger charge is 2.38. The lowest BCUT2D eigenvalue weighted by Gasteiger charge is -2.12. The quantitative estimate of drug-likeness (QED) is 0.617. The molecule has 0 radical (unpaired) electrons. The van der Waals surface area contributed by atoms with Gasteiger partial charge < -0.3 is 0 Å². The maximum Gasteiger partial charge on any atom is 0.261 e. The van der Waals surface area contributed by atoms with Crippen LogP contribution < -0.4 is 0 Å². The van der Waals surface area contributed by atoms with Crippen molar-refractivity contribution in [1.82, 2.24) is 4.90 Å². The Morgan fingerprint density at radius 1 is 1.19 bits per heavy atom. The molecule has 1 heterocycles. The smallest absolute Gasteiger partial charge is 0.261 e. The highest BCUT2D eigenvalue weighted by molar-refractivity contribution is 14.1. The summed E-state index contributed by atoms with van der Waals surface area (Å²) in [5, 5.41) is 0. The maximum atomic E-state index is 12.0. The van der Waals surface area contributed by atoms with Gasteiger partial charge in [-0.15, -0.1) is 0 Å². The molecule has 1 saturated carbocycles. The van der Waals surface area contributed by atoms with Gasteiger partial charge in [-0.05, 0) is 59.5 Å². The molecular formula is C12H10INO2. The number of amides is 2. The van der Waals surface area contributed by atoms with E-state index in [2.05, 4.69) is 22.6 Å². The van der Waals surface area contributed by atoms with Gasteiger partial charge in [-0.3, -0.25) is 14.5 Å². The number of fused-ring (bicyclic) bond motifs is 1. The summed E-state index contributed by atoms with van der Waals surface area (Å²) in [5.74, 6) is 0.301. The fourth-order valence-corrected chi connectivity index (χ4v) is 2.48. The molecule has 0 aromatic heterocycles. The topological polar surface area (TPSA) is 37.4 Å². The van der Waals surface area contributed by atoms with Crippen molar-refractivity contribution in [2.75, 3.05) is 6.54 Å². The van der Waals surface area contributed by atoms with Crippen LogP contribution in [0.4, 0.5) is 0 Å². The summed E-state index contributed by atoms with van der Waals surface area (Å²) in [4.78, 5) is 25.4. The molecule has 2 amide bonds. The van der Waals surface area contributed by atoms with Gasteiger partial charge in [-0.25, -0.2) is 0 Å². The summed E-state index contributed by atoms with van der Waals surface area (Å²) >= 11 is 2.15. The molecule has 1 aromatic rings. The van der Waals surface area contributed by atoms with Crippen LogP contribution in [0, 0.1) is 9.49 Å². The third kappa shape index (κ3) is 1.55. The number of hydrogen-bond donors (Lipinski definition) is 0. The Bertz CT molecular complexity index is 494. The second kappa shape index (κ2) is 3.55. The lowest BCUT2D eigenvalue weighted by molar-refractivity contribution is 0.0647. The van der Waals surface area contributed by atoms with E-state index >= 15 is 0 Å². The monoisotopic (exact) mass is 327 g/mol. The van der Waals surface area contributed by atoms with Crippen molar-refractivity contribution < 1.29 is 9.59 Å². The van der Waals surface area contributed by atoms with E-state index in [4.69, 9.17) is 0 Å². The second-order valence-corrected chi connectivity index (χ2v) is 5.60. The fraction of sp³-hybridized carbons (Fsp3) is 0.333. The van der Waals surface area contributed by atoms with Gasteiger partial charge in [0.1, 0.15) is 0 Å². The van der Waals surface area contributed by atoms with E-state index in [9.17, 15) is 9.59 Å². The Kier molecular flexibility index (Phi) is 2.27. The van der Waals surface area contributed by atoms with E-state index in [0.717, 1.165) is 16.4 Å². The molecule has 1 aliphatic heterocycles. The summed E-state index contributed by atoms with van der Waals surface area (Å²) in [5.41, 5.74) is 1.13. The van der Waals surface area contributed by atoms with Gasteiger partial charge in [0.15, 0.2) is 0 Å². The van der Waals surface area contributed by atoms with Crippen LogP contribution in [0.25, 0.3) is 0 Å². The number of rotatable bonds is 2. The van der Waals surface area contributed by atoms with Crippen LogP contribution in [0.15, 0.2) is 18.2 Å². The van der Waals surface area contributed by atoms with Gasteiger partial charge >= 0.3 is 0 Å². The van der Waals surface area contributed by atoms with E-state index in [1.54, 1.807) is 12.1 Å². The Balaban J connectivity index is 1.98.